The third-order valence-corrected chi connectivity index (χ3v) is 2.14. The number of hydrogen-bond donors (Lipinski definition) is 2. The summed E-state index contributed by atoms with van der Waals surface area (Å²) in [6.45, 7) is 3.30. The molecule has 0 saturated carbocycles. The van der Waals surface area contributed by atoms with E-state index in [0.717, 1.165) is 38.6 Å². The van der Waals surface area contributed by atoms with Crippen LogP contribution in [0.2, 0.25) is 0 Å². The number of nitrogens with two attached hydrogens (primary N) is 1. The number of rotatable bonds is 7. The fourth-order valence-electron chi connectivity index (χ4n) is 1.13. The first-order valence-electron chi connectivity index (χ1n) is 5.47. The Kier molecular flexibility index (Phi) is 8.88. The maximum atomic E-state index is 5.43. The van der Waals surface area contributed by atoms with Crippen LogP contribution in [0, 0.1) is 0 Å². The minimum absolute atomic E-state index is 0.720. The molecule has 0 heterocycles. The van der Waals surface area contributed by atoms with E-state index in [1.807, 2.05) is 26.0 Å². The largest absolute Gasteiger partial charge is 0.385 e. The van der Waals surface area contributed by atoms with Crippen LogP contribution in [-0.4, -0.2) is 70.3 Å². The lowest BCUT2D eigenvalue weighted by Crippen LogP contribution is -2.45. The van der Waals surface area contributed by atoms with Gasteiger partial charge in [0.15, 0.2) is 0 Å². The molecule has 0 spiro atoms. The summed E-state index contributed by atoms with van der Waals surface area (Å²) in [5.41, 5.74) is 2.62. The van der Waals surface area contributed by atoms with Crippen LogP contribution < -0.4 is 11.3 Å². The molecular weight excluding hydrogens is 206 g/mol. The minimum Gasteiger partial charge on any atom is -0.385 e. The van der Waals surface area contributed by atoms with Crippen LogP contribution in [0.1, 0.15) is 6.42 Å². The predicted octanol–water partition coefficient (Wildman–Crippen LogP) is -0.664. The third-order valence-electron chi connectivity index (χ3n) is 2.14. The van der Waals surface area contributed by atoms with E-state index >= 15 is 0 Å². The first-order valence-corrected chi connectivity index (χ1v) is 5.47. The molecule has 16 heavy (non-hydrogen) atoms. The number of ether oxygens (including phenoxy) is 1. The van der Waals surface area contributed by atoms with Gasteiger partial charge in [0.05, 0.1) is 0 Å². The van der Waals surface area contributed by atoms with Crippen LogP contribution in [0.15, 0.2) is 4.99 Å². The van der Waals surface area contributed by atoms with Crippen molar-refractivity contribution in [2.75, 3.05) is 54.5 Å². The highest BCUT2D eigenvalue weighted by molar-refractivity contribution is 5.79. The Hall–Kier alpha value is -0.850. The molecule has 6 nitrogen and oxygen atoms in total. The maximum absolute atomic E-state index is 5.43. The molecule has 0 fully saturated rings. The van der Waals surface area contributed by atoms with Gasteiger partial charge < -0.3 is 14.5 Å². The molecule has 0 unspecified atom stereocenters. The van der Waals surface area contributed by atoms with Crippen LogP contribution in [0.25, 0.3) is 0 Å². The van der Waals surface area contributed by atoms with Crippen LogP contribution in [0.5, 0.6) is 0 Å². The minimum atomic E-state index is 0.720. The summed E-state index contributed by atoms with van der Waals surface area (Å²) in [7, 11) is 7.74. The fraction of sp³-hybridized carbons (Fsp3) is 0.900. The molecule has 3 N–H and O–H groups in total. The van der Waals surface area contributed by atoms with Crippen molar-refractivity contribution >= 4 is 5.96 Å². The van der Waals surface area contributed by atoms with Crippen molar-refractivity contribution in [2.45, 2.75) is 6.42 Å². The molecule has 6 heteroatoms. The van der Waals surface area contributed by atoms with Crippen molar-refractivity contribution in [3.63, 3.8) is 0 Å². The van der Waals surface area contributed by atoms with Crippen molar-refractivity contribution in [2.24, 2.45) is 10.8 Å². The van der Waals surface area contributed by atoms with E-state index in [4.69, 9.17) is 10.6 Å². The average Bonchev–Trinajstić information content (AvgIpc) is 2.26. The number of hydrogen-bond acceptors (Lipinski definition) is 4. The zero-order valence-corrected chi connectivity index (χ0v) is 10.9. The summed E-state index contributed by atoms with van der Waals surface area (Å²) in [5.74, 6) is 6.15. The second kappa shape index (κ2) is 9.38. The van der Waals surface area contributed by atoms with Crippen LogP contribution in [-0.2, 0) is 4.74 Å². The van der Waals surface area contributed by atoms with Crippen LogP contribution >= 0.6 is 0 Å². The molecule has 96 valence electrons. The molecular formula is C10H25N5O. The van der Waals surface area contributed by atoms with Gasteiger partial charge in [0.1, 0.15) is 0 Å². The lowest BCUT2D eigenvalue weighted by Gasteiger charge is -2.22. The van der Waals surface area contributed by atoms with Gasteiger partial charge in [-0.05, 0) is 20.5 Å². The second-order valence-electron chi connectivity index (χ2n) is 3.92. The number of methoxy groups -OCH3 is 1. The highest BCUT2D eigenvalue weighted by Crippen LogP contribution is 1.89. The van der Waals surface area contributed by atoms with Gasteiger partial charge in [0.2, 0.25) is 5.96 Å². The molecule has 0 aromatic rings. The third kappa shape index (κ3) is 7.44. The van der Waals surface area contributed by atoms with Gasteiger partial charge in [-0.2, -0.15) is 0 Å². The maximum Gasteiger partial charge on any atom is 0.208 e. The highest BCUT2D eigenvalue weighted by Gasteiger charge is 2.04. The first kappa shape index (κ1) is 15.2. The number of nitrogens with zero attached hydrogens (tertiary/aromatic N) is 3. The highest BCUT2D eigenvalue weighted by atomic mass is 16.5. The van der Waals surface area contributed by atoms with Crippen LogP contribution in [0.4, 0.5) is 0 Å². The summed E-state index contributed by atoms with van der Waals surface area (Å²) in [6, 6.07) is 0. The van der Waals surface area contributed by atoms with E-state index < -0.39 is 0 Å². The van der Waals surface area contributed by atoms with E-state index in [2.05, 4.69) is 15.3 Å². The average molecular weight is 231 g/mol. The van der Waals surface area contributed by atoms with Gasteiger partial charge in [-0.15, -0.1) is 0 Å². The van der Waals surface area contributed by atoms with E-state index in [9.17, 15) is 0 Å². The Morgan fingerprint density at radius 3 is 2.50 bits per heavy atom. The molecule has 0 atom stereocenters. The Morgan fingerprint density at radius 2 is 2.00 bits per heavy atom. The lowest BCUT2D eigenvalue weighted by atomic mass is 10.4. The molecule has 0 rings (SSSR count). The smallest absolute Gasteiger partial charge is 0.208 e. The van der Waals surface area contributed by atoms with E-state index in [1.54, 1.807) is 7.11 Å². The molecule has 0 aromatic carbocycles. The molecule has 0 bridgehead atoms. The predicted molar refractivity (Wildman–Crippen MR) is 67.3 cm³/mol. The molecule has 0 aliphatic heterocycles. The number of aliphatic imine (C=N–C) groups is 1. The summed E-state index contributed by atoms with van der Waals surface area (Å²) in [4.78, 5) is 8.49. The monoisotopic (exact) mass is 231 g/mol. The number of guanidine groups is 1. The van der Waals surface area contributed by atoms with Crippen LogP contribution in [0.3, 0.4) is 0 Å². The van der Waals surface area contributed by atoms with E-state index in [1.165, 1.54) is 0 Å². The molecule has 0 aromatic heterocycles. The van der Waals surface area contributed by atoms with Crippen molar-refractivity contribution in [3.05, 3.63) is 0 Å². The topological polar surface area (TPSA) is 66.1 Å². The van der Waals surface area contributed by atoms with Gasteiger partial charge >= 0.3 is 0 Å². The first-order chi connectivity index (χ1) is 7.61. The quantitative estimate of drug-likeness (QED) is 0.200. The second-order valence-corrected chi connectivity index (χ2v) is 3.92. The van der Waals surface area contributed by atoms with Gasteiger partial charge in [-0.25, -0.2) is 5.84 Å². The Balaban J connectivity index is 3.94. The molecule has 0 aliphatic carbocycles. The molecule has 0 radical (unpaired) electrons. The lowest BCUT2D eigenvalue weighted by molar-refractivity contribution is 0.197. The Labute approximate surface area is 98.4 Å². The zero-order valence-electron chi connectivity index (χ0n) is 10.9. The molecule has 0 amide bonds. The number of hydrazine groups is 1. The Bertz CT molecular complexity index is 196. The van der Waals surface area contributed by atoms with Gasteiger partial charge in [0, 0.05) is 40.4 Å². The fourth-order valence-corrected chi connectivity index (χ4v) is 1.13. The summed E-state index contributed by atoms with van der Waals surface area (Å²) < 4.78 is 4.96. The van der Waals surface area contributed by atoms with Crippen molar-refractivity contribution in [3.8, 4) is 0 Å². The summed E-state index contributed by atoms with van der Waals surface area (Å²) >= 11 is 0. The standard InChI is InChI=1S/C10H25N5O/c1-14(2)7-8-15(3)10(13-11)12-6-5-9-16-4/h5-9,11H2,1-4H3,(H,12,13). The van der Waals surface area contributed by atoms with Crippen molar-refractivity contribution in [1.29, 1.82) is 0 Å². The van der Waals surface area contributed by atoms with Crippen molar-refractivity contribution < 1.29 is 4.74 Å². The normalized spacial score (nSPS) is 12.0. The van der Waals surface area contributed by atoms with Gasteiger partial charge in [-0.3, -0.25) is 10.4 Å². The Morgan fingerprint density at radius 1 is 1.31 bits per heavy atom. The molecule has 0 saturated heterocycles. The molecule has 0 aliphatic rings. The van der Waals surface area contributed by atoms with Gasteiger partial charge in [-0.1, -0.05) is 0 Å². The number of nitrogens with one attached hydrogen (secondary N) is 1. The van der Waals surface area contributed by atoms with Crippen molar-refractivity contribution in [1.82, 2.24) is 15.2 Å². The summed E-state index contributed by atoms with van der Waals surface area (Å²) in [6.07, 6.45) is 0.906. The van der Waals surface area contributed by atoms with E-state index in [0.29, 0.717) is 0 Å². The summed E-state index contributed by atoms with van der Waals surface area (Å²) in [5, 5.41) is 0. The van der Waals surface area contributed by atoms with E-state index in [-0.39, 0.29) is 0 Å². The zero-order chi connectivity index (χ0) is 12.4. The van der Waals surface area contributed by atoms with Gasteiger partial charge in [0.25, 0.3) is 0 Å². The number of likely N-dealkylation sites (N-methyl/N-ethyl adjacent to an activating group) is 2. The SMILES string of the molecule is COCCCN=C(NN)N(C)CCN(C)C.